The average molecular weight is 236 g/mol. The van der Waals surface area contributed by atoms with Crippen molar-refractivity contribution < 1.29 is 14.7 Å². The third-order valence-corrected chi connectivity index (χ3v) is 3.97. The van der Waals surface area contributed by atoms with Gasteiger partial charge in [-0.05, 0) is 17.7 Å². The van der Waals surface area contributed by atoms with Crippen molar-refractivity contribution in [1.29, 1.82) is 0 Å². The van der Waals surface area contributed by atoms with Gasteiger partial charge in [-0.3, -0.25) is 0 Å². The summed E-state index contributed by atoms with van der Waals surface area (Å²) in [6.45, 7) is 4.15. The number of benzene rings is 1. The Balaban J connectivity index is 2.30. The van der Waals surface area contributed by atoms with E-state index in [9.17, 15) is 5.11 Å². The zero-order valence-electron chi connectivity index (χ0n) is 10.9. The van der Waals surface area contributed by atoms with Gasteiger partial charge in [0.2, 0.25) is 0 Å². The number of quaternary nitrogens is 1. The molecule has 1 aliphatic rings. The molecule has 1 aromatic carbocycles. The maximum absolute atomic E-state index is 10.9. The van der Waals surface area contributed by atoms with Gasteiger partial charge in [-0.2, -0.15) is 0 Å². The number of aliphatic hydroxyl groups is 1. The Labute approximate surface area is 103 Å². The highest BCUT2D eigenvalue weighted by Crippen LogP contribution is 2.35. The quantitative estimate of drug-likeness (QED) is 0.781. The fourth-order valence-corrected chi connectivity index (χ4v) is 2.77. The van der Waals surface area contributed by atoms with Crippen LogP contribution in [0.4, 0.5) is 0 Å². The highest BCUT2D eigenvalue weighted by Gasteiger charge is 2.41. The molecule has 94 valence electrons. The topological polar surface area (TPSA) is 33.9 Å². The molecule has 1 unspecified atom stereocenters. The first-order valence-corrected chi connectivity index (χ1v) is 6.24. The summed E-state index contributed by atoms with van der Waals surface area (Å²) in [6, 6.07) is 7.82. The van der Waals surface area contributed by atoms with Crippen LogP contribution < -0.4 is 9.64 Å². The van der Waals surface area contributed by atoms with Crippen molar-refractivity contribution in [3.63, 3.8) is 0 Å². The van der Waals surface area contributed by atoms with E-state index >= 15 is 0 Å². The summed E-state index contributed by atoms with van der Waals surface area (Å²) in [5.41, 5.74) is 0.283. The summed E-state index contributed by atoms with van der Waals surface area (Å²) in [4.78, 5) is 1.49. The van der Waals surface area contributed by atoms with Crippen LogP contribution in [-0.2, 0) is 5.60 Å². The van der Waals surface area contributed by atoms with Gasteiger partial charge in [0.25, 0.3) is 0 Å². The average Bonchev–Trinajstić information content (AvgIpc) is 2.34. The molecule has 0 radical (unpaired) electrons. The van der Waals surface area contributed by atoms with Crippen LogP contribution >= 0.6 is 0 Å². The van der Waals surface area contributed by atoms with Crippen molar-refractivity contribution in [3.05, 3.63) is 29.8 Å². The molecular formula is C14H22NO2+. The maximum Gasteiger partial charge on any atom is 0.119 e. The monoisotopic (exact) mass is 236 g/mol. The highest BCUT2D eigenvalue weighted by molar-refractivity contribution is 5.33. The normalized spacial score (nSPS) is 33.4. The van der Waals surface area contributed by atoms with E-state index in [1.54, 1.807) is 7.11 Å². The summed E-state index contributed by atoms with van der Waals surface area (Å²) in [6.07, 6.45) is 0.813. The predicted octanol–water partition coefficient (Wildman–Crippen LogP) is 0.437. The van der Waals surface area contributed by atoms with E-state index in [0.29, 0.717) is 0 Å². The van der Waals surface area contributed by atoms with Crippen LogP contribution in [0, 0.1) is 5.92 Å². The zero-order chi connectivity index (χ0) is 12.5. The molecule has 3 heteroatoms. The summed E-state index contributed by atoms with van der Waals surface area (Å²) >= 11 is 0. The molecule has 0 amide bonds. The SMILES string of the molecule is COc1cccc([C@@]2(O)CC[NH+](C)C[C@@H]2C)c1. The number of methoxy groups -OCH3 is 1. The first kappa shape index (κ1) is 12.4. The van der Waals surface area contributed by atoms with Gasteiger partial charge in [0.15, 0.2) is 0 Å². The third kappa shape index (κ3) is 2.31. The van der Waals surface area contributed by atoms with Gasteiger partial charge in [0.1, 0.15) is 11.4 Å². The van der Waals surface area contributed by atoms with Crippen LogP contribution in [0.25, 0.3) is 0 Å². The van der Waals surface area contributed by atoms with Gasteiger partial charge in [-0.15, -0.1) is 0 Å². The van der Waals surface area contributed by atoms with Gasteiger partial charge in [0.05, 0.1) is 27.2 Å². The molecule has 3 nitrogen and oxygen atoms in total. The lowest BCUT2D eigenvalue weighted by Gasteiger charge is -2.40. The standard InChI is InChI=1S/C14H21NO2/c1-11-10-15(2)8-7-14(11,16)12-5-4-6-13(9-12)17-3/h4-6,9,11,16H,7-8,10H2,1-3H3/p+1/t11-,14+/m0/s1. The van der Waals surface area contributed by atoms with E-state index in [1.807, 2.05) is 24.3 Å². The predicted molar refractivity (Wildman–Crippen MR) is 67.3 cm³/mol. The van der Waals surface area contributed by atoms with Crippen molar-refractivity contribution >= 4 is 0 Å². The second-order valence-corrected chi connectivity index (χ2v) is 5.22. The number of hydrogen-bond donors (Lipinski definition) is 2. The summed E-state index contributed by atoms with van der Waals surface area (Å²) in [7, 11) is 3.84. The molecule has 2 N–H and O–H groups in total. The Morgan fingerprint density at radius 3 is 2.88 bits per heavy atom. The minimum atomic E-state index is -0.700. The van der Waals surface area contributed by atoms with E-state index in [4.69, 9.17) is 4.74 Å². The van der Waals surface area contributed by atoms with E-state index in [1.165, 1.54) is 4.90 Å². The number of ether oxygens (including phenoxy) is 1. The van der Waals surface area contributed by atoms with Crippen LogP contribution in [0.2, 0.25) is 0 Å². The van der Waals surface area contributed by atoms with E-state index < -0.39 is 5.60 Å². The summed E-state index contributed by atoms with van der Waals surface area (Å²) in [5, 5.41) is 10.9. The Hall–Kier alpha value is -1.06. The van der Waals surface area contributed by atoms with Gasteiger partial charge >= 0.3 is 0 Å². The van der Waals surface area contributed by atoms with Gasteiger partial charge in [-0.1, -0.05) is 19.1 Å². The lowest BCUT2D eigenvalue weighted by molar-refractivity contribution is -0.892. The van der Waals surface area contributed by atoms with Crippen molar-refractivity contribution in [2.45, 2.75) is 18.9 Å². The number of rotatable bonds is 2. The van der Waals surface area contributed by atoms with Gasteiger partial charge in [0, 0.05) is 12.3 Å². The zero-order valence-corrected chi connectivity index (χ0v) is 10.9. The fraction of sp³-hybridized carbons (Fsp3) is 0.571. The van der Waals surface area contributed by atoms with Crippen LogP contribution in [0.5, 0.6) is 5.75 Å². The molecule has 1 saturated heterocycles. The minimum Gasteiger partial charge on any atom is -0.497 e. The van der Waals surface area contributed by atoms with Crippen LogP contribution in [0.3, 0.4) is 0 Å². The number of likely N-dealkylation sites (tertiary alicyclic amines) is 1. The Kier molecular flexibility index (Phi) is 3.40. The molecular weight excluding hydrogens is 214 g/mol. The largest absolute Gasteiger partial charge is 0.497 e. The molecule has 1 aliphatic heterocycles. The third-order valence-electron chi connectivity index (χ3n) is 3.97. The van der Waals surface area contributed by atoms with E-state index in [-0.39, 0.29) is 5.92 Å². The van der Waals surface area contributed by atoms with E-state index in [2.05, 4.69) is 14.0 Å². The Morgan fingerprint density at radius 2 is 2.24 bits per heavy atom. The second kappa shape index (κ2) is 4.67. The lowest BCUT2D eigenvalue weighted by Crippen LogP contribution is -3.11. The molecule has 1 aromatic rings. The van der Waals surface area contributed by atoms with E-state index in [0.717, 1.165) is 30.8 Å². The van der Waals surface area contributed by atoms with Crippen LogP contribution in [-0.4, -0.2) is 32.4 Å². The molecule has 17 heavy (non-hydrogen) atoms. The first-order chi connectivity index (χ1) is 8.06. The number of piperidine rings is 1. The number of hydrogen-bond acceptors (Lipinski definition) is 2. The lowest BCUT2D eigenvalue weighted by atomic mass is 9.77. The molecule has 0 aliphatic carbocycles. The van der Waals surface area contributed by atoms with Crippen molar-refractivity contribution in [1.82, 2.24) is 0 Å². The fourth-order valence-electron chi connectivity index (χ4n) is 2.77. The smallest absolute Gasteiger partial charge is 0.119 e. The number of nitrogens with one attached hydrogen (secondary N) is 1. The van der Waals surface area contributed by atoms with Crippen molar-refractivity contribution in [3.8, 4) is 5.75 Å². The van der Waals surface area contributed by atoms with Gasteiger partial charge in [-0.25, -0.2) is 0 Å². The molecule has 1 fully saturated rings. The molecule has 0 spiro atoms. The Morgan fingerprint density at radius 1 is 1.47 bits per heavy atom. The van der Waals surface area contributed by atoms with Crippen LogP contribution in [0.15, 0.2) is 24.3 Å². The molecule has 2 rings (SSSR count). The summed E-state index contributed by atoms with van der Waals surface area (Å²) < 4.78 is 5.23. The summed E-state index contributed by atoms with van der Waals surface area (Å²) in [5.74, 6) is 1.08. The molecule has 1 heterocycles. The van der Waals surface area contributed by atoms with Crippen molar-refractivity contribution in [2.24, 2.45) is 5.92 Å². The molecule has 0 saturated carbocycles. The molecule has 3 atom stereocenters. The van der Waals surface area contributed by atoms with Gasteiger partial charge < -0.3 is 14.7 Å². The Bertz CT molecular complexity index is 394. The minimum absolute atomic E-state index is 0.267. The molecule has 0 bridgehead atoms. The van der Waals surface area contributed by atoms with Crippen LogP contribution in [0.1, 0.15) is 18.9 Å². The first-order valence-electron chi connectivity index (χ1n) is 6.24. The molecule has 0 aromatic heterocycles. The highest BCUT2D eigenvalue weighted by atomic mass is 16.5. The van der Waals surface area contributed by atoms with Crippen molar-refractivity contribution in [2.75, 3.05) is 27.2 Å². The maximum atomic E-state index is 10.9. The second-order valence-electron chi connectivity index (χ2n) is 5.22.